The summed E-state index contributed by atoms with van der Waals surface area (Å²) >= 11 is 1.76. The number of nitrogens with one attached hydrogen (secondary N) is 1. The van der Waals surface area contributed by atoms with Crippen molar-refractivity contribution in [1.29, 1.82) is 0 Å². The molecule has 2 fully saturated rings. The maximum atomic E-state index is 4.76. The Kier molecular flexibility index (Phi) is 2.89. The first-order chi connectivity index (χ1) is 9.38. The molecular weight excluding hydrogens is 252 g/mol. The molecule has 2 aliphatic rings. The van der Waals surface area contributed by atoms with E-state index in [2.05, 4.69) is 35.0 Å². The van der Waals surface area contributed by atoms with Gasteiger partial charge in [-0.15, -0.1) is 11.3 Å². The fourth-order valence-corrected chi connectivity index (χ4v) is 3.22. The largest absolute Gasteiger partial charge is 0.308 e. The minimum Gasteiger partial charge on any atom is -0.308 e. The van der Waals surface area contributed by atoms with Crippen LogP contribution in [-0.4, -0.2) is 11.0 Å². The van der Waals surface area contributed by atoms with E-state index in [-0.39, 0.29) is 0 Å². The van der Waals surface area contributed by atoms with Crippen LogP contribution >= 0.6 is 11.3 Å². The van der Waals surface area contributed by atoms with Crippen LogP contribution in [0.15, 0.2) is 29.6 Å². The highest BCUT2D eigenvalue weighted by Gasteiger charge is 2.24. The fourth-order valence-electron chi connectivity index (χ4n) is 2.40. The van der Waals surface area contributed by atoms with Crippen molar-refractivity contribution in [3.8, 4) is 10.6 Å². The van der Waals surface area contributed by atoms with Crippen molar-refractivity contribution >= 4 is 11.3 Å². The first kappa shape index (κ1) is 11.6. The Bertz CT molecular complexity index is 582. The third-order valence-electron chi connectivity index (χ3n) is 3.88. The lowest BCUT2D eigenvalue weighted by molar-refractivity contribution is 0.678. The molecule has 3 heteroatoms. The Balaban J connectivity index is 1.52. The highest BCUT2D eigenvalue weighted by Crippen LogP contribution is 2.41. The topological polar surface area (TPSA) is 24.9 Å². The third-order valence-corrected chi connectivity index (χ3v) is 4.82. The van der Waals surface area contributed by atoms with Crippen molar-refractivity contribution in [1.82, 2.24) is 10.3 Å². The molecule has 0 amide bonds. The molecule has 2 saturated carbocycles. The number of aromatic nitrogens is 1. The average molecular weight is 270 g/mol. The predicted molar refractivity (Wildman–Crippen MR) is 79.4 cm³/mol. The van der Waals surface area contributed by atoms with Gasteiger partial charge in [-0.3, -0.25) is 0 Å². The second kappa shape index (κ2) is 4.73. The molecule has 4 rings (SSSR count). The van der Waals surface area contributed by atoms with E-state index in [1.165, 1.54) is 42.5 Å². The lowest BCUT2D eigenvalue weighted by atomic mass is 10.1. The lowest BCUT2D eigenvalue weighted by Gasteiger charge is -2.01. The Morgan fingerprint density at radius 2 is 2.11 bits per heavy atom. The van der Waals surface area contributed by atoms with Gasteiger partial charge in [0.1, 0.15) is 5.01 Å². The van der Waals surface area contributed by atoms with Crippen molar-refractivity contribution in [3.63, 3.8) is 0 Å². The zero-order valence-corrected chi connectivity index (χ0v) is 11.7. The Hall–Kier alpha value is -1.19. The molecule has 0 unspecified atom stereocenters. The number of hydrogen-bond acceptors (Lipinski definition) is 3. The summed E-state index contributed by atoms with van der Waals surface area (Å²) < 4.78 is 0. The van der Waals surface area contributed by atoms with Gasteiger partial charge in [-0.1, -0.05) is 18.2 Å². The Morgan fingerprint density at radius 1 is 1.21 bits per heavy atom. The molecule has 98 valence electrons. The molecule has 19 heavy (non-hydrogen) atoms. The van der Waals surface area contributed by atoms with Gasteiger partial charge >= 0.3 is 0 Å². The van der Waals surface area contributed by atoms with Crippen LogP contribution in [0.2, 0.25) is 0 Å². The summed E-state index contributed by atoms with van der Waals surface area (Å²) in [6, 6.07) is 9.69. The summed E-state index contributed by atoms with van der Waals surface area (Å²) in [7, 11) is 0. The van der Waals surface area contributed by atoms with E-state index < -0.39 is 0 Å². The molecule has 1 heterocycles. The molecule has 1 aromatic carbocycles. The second-order valence-electron chi connectivity index (χ2n) is 5.70. The molecule has 0 atom stereocenters. The van der Waals surface area contributed by atoms with Crippen molar-refractivity contribution in [2.45, 2.75) is 44.2 Å². The maximum Gasteiger partial charge on any atom is 0.123 e. The van der Waals surface area contributed by atoms with Crippen LogP contribution in [0.3, 0.4) is 0 Å². The predicted octanol–water partition coefficient (Wildman–Crippen LogP) is 3.94. The SMILES string of the molecule is c1cc(-c2nc(CNC3CC3)cs2)cc(C2CC2)c1. The maximum absolute atomic E-state index is 4.76. The highest BCUT2D eigenvalue weighted by atomic mass is 32.1. The van der Waals surface area contributed by atoms with Gasteiger partial charge in [0.2, 0.25) is 0 Å². The van der Waals surface area contributed by atoms with Gasteiger partial charge < -0.3 is 5.32 Å². The second-order valence-corrected chi connectivity index (χ2v) is 6.56. The van der Waals surface area contributed by atoms with Crippen molar-refractivity contribution in [3.05, 3.63) is 40.9 Å². The summed E-state index contributed by atoms with van der Waals surface area (Å²) in [5.41, 5.74) is 3.96. The highest BCUT2D eigenvalue weighted by molar-refractivity contribution is 7.13. The quantitative estimate of drug-likeness (QED) is 0.890. The van der Waals surface area contributed by atoms with Crippen LogP contribution in [-0.2, 0) is 6.54 Å². The van der Waals surface area contributed by atoms with E-state index in [0.29, 0.717) is 0 Å². The number of rotatable bonds is 5. The van der Waals surface area contributed by atoms with E-state index in [1.807, 2.05) is 0 Å². The molecular formula is C16H18N2S. The summed E-state index contributed by atoms with van der Waals surface area (Å²) in [5.74, 6) is 0.816. The van der Waals surface area contributed by atoms with E-state index in [4.69, 9.17) is 4.98 Å². The fraction of sp³-hybridized carbons (Fsp3) is 0.438. The zero-order chi connectivity index (χ0) is 12.7. The number of benzene rings is 1. The van der Waals surface area contributed by atoms with E-state index in [0.717, 1.165) is 23.5 Å². The Morgan fingerprint density at radius 3 is 2.89 bits per heavy atom. The first-order valence-electron chi connectivity index (χ1n) is 7.16. The minimum atomic E-state index is 0.753. The molecule has 0 saturated heterocycles. The monoisotopic (exact) mass is 270 g/mol. The summed E-state index contributed by atoms with van der Waals surface area (Å²) in [5, 5.41) is 6.87. The van der Waals surface area contributed by atoms with Crippen LogP contribution in [0.1, 0.15) is 42.9 Å². The molecule has 2 aromatic rings. The van der Waals surface area contributed by atoms with Gasteiger partial charge in [0.15, 0.2) is 0 Å². The van der Waals surface area contributed by atoms with E-state index >= 15 is 0 Å². The third kappa shape index (κ3) is 2.72. The summed E-state index contributed by atoms with van der Waals surface area (Å²) in [6.07, 6.45) is 5.39. The summed E-state index contributed by atoms with van der Waals surface area (Å²) in [4.78, 5) is 4.76. The van der Waals surface area contributed by atoms with Crippen LogP contribution in [0, 0.1) is 0 Å². The number of thiazole rings is 1. The van der Waals surface area contributed by atoms with Gasteiger partial charge in [0, 0.05) is 23.5 Å². The van der Waals surface area contributed by atoms with Crippen molar-refractivity contribution in [2.75, 3.05) is 0 Å². The molecule has 2 aliphatic carbocycles. The summed E-state index contributed by atoms with van der Waals surface area (Å²) in [6.45, 7) is 0.920. The minimum absolute atomic E-state index is 0.753. The van der Waals surface area contributed by atoms with Gasteiger partial charge in [-0.05, 0) is 43.2 Å². The number of hydrogen-bond donors (Lipinski definition) is 1. The van der Waals surface area contributed by atoms with E-state index in [1.54, 1.807) is 11.3 Å². The molecule has 1 N–H and O–H groups in total. The van der Waals surface area contributed by atoms with Gasteiger partial charge in [-0.25, -0.2) is 4.98 Å². The first-order valence-corrected chi connectivity index (χ1v) is 8.04. The number of nitrogens with zero attached hydrogens (tertiary/aromatic N) is 1. The van der Waals surface area contributed by atoms with Gasteiger partial charge in [0.25, 0.3) is 0 Å². The van der Waals surface area contributed by atoms with Crippen molar-refractivity contribution in [2.24, 2.45) is 0 Å². The van der Waals surface area contributed by atoms with Gasteiger partial charge in [-0.2, -0.15) is 0 Å². The normalized spacial score (nSPS) is 18.7. The van der Waals surface area contributed by atoms with Gasteiger partial charge in [0.05, 0.1) is 5.69 Å². The molecule has 0 bridgehead atoms. The van der Waals surface area contributed by atoms with Crippen molar-refractivity contribution < 1.29 is 0 Å². The Labute approximate surface area is 117 Å². The van der Waals surface area contributed by atoms with Crippen LogP contribution in [0.5, 0.6) is 0 Å². The molecule has 0 radical (unpaired) electrons. The smallest absolute Gasteiger partial charge is 0.123 e. The molecule has 2 nitrogen and oxygen atoms in total. The average Bonchev–Trinajstić information content (AvgIpc) is 3.36. The molecule has 1 aromatic heterocycles. The lowest BCUT2D eigenvalue weighted by Crippen LogP contribution is -2.15. The van der Waals surface area contributed by atoms with E-state index in [9.17, 15) is 0 Å². The zero-order valence-electron chi connectivity index (χ0n) is 10.9. The van der Waals surface area contributed by atoms with Crippen LogP contribution in [0.4, 0.5) is 0 Å². The van der Waals surface area contributed by atoms with Crippen LogP contribution in [0.25, 0.3) is 10.6 Å². The standard InChI is InChI=1S/C16H18N2S/c1-2-12(11-4-5-11)8-13(3-1)16-18-15(10-19-16)9-17-14-6-7-14/h1-3,8,10-11,14,17H,4-7,9H2. The molecule has 0 aliphatic heterocycles. The molecule has 0 spiro atoms. The van der Waals surface area contributed by atoms with Crippen LogP contribution < -0.4 is 5.32 Å².